The van der Waals surface area contributed by atoms with Crippen LogP contribution in [0.3, 0.4) is 0 Å². The van der Waals surface area contributed by atoms with Gasteiger partial charge in [-0.2, -0.15) is 0 Å². The molecule has 27 heavy (non-hydrogen) atoms. The van der Waals surface area contributed by atoms with E-state index in [4.69, 9.17) is 23.2 Å². The monoisotopic (exact) mass is 422 g/mol. The SMILES string of the molecule is CN(C)CCc1cc(NS(=O)(=O)c2cccc3c(Cl)cccc23)ccc1Cl. The molecule has 0 radical (unpaired) electrons. The number of halogens is 2. The normalized spacial score (nSPS) is 11.9. The molecule has 0 amide bonds. The van der Waals surface area contributed by atoms with Gasteiger partial charge < -0.3 is 4.90 Å². The summed E-state index contributed by atoms with van der Waals surface area (Å²) >= 11 is 12.5. The molecule has 7 heteroatoms. The Labute approximate surface area is 169 Å². The van der Waals surface area contributed by atoms with Crippen molar-refractivity contribution >= 4 is 49.7 Å². The minimum atomic E-state index is -3.78. The van der Waals surface area contributed by atoms with Crippen LogP contribution in [-0.2, 0) is 16.4 Å². The summed E-state index contributed by atoms with van der Waals surface area (Å²) in [4.78, 5) is 2.24. The number of hydrogen-bond acceptors (Lipinski definition) is 3. The third-order valence-electron chi connectivity index (χ3n) is 4.24. The smallest absolute Gasteiger partial charge is 0.262 e. The van der Waals surface area contributed by atoms with E-state index >= 15 is 0 Å². The fraction of sp³-hybridized carbons (Fsp3) is 0.200. The van der Waals surface area contributed by atoms with Crippen LogP contribution < -0.4 is 4.72 Å². The van der Waals surface area contributed by atoms with E-state index in [1.807, 2.05) is 19.0 Å². The molecule has 3 aromatic rings. The van der Waals surface area contributed by atoms with E-state index in [0.29, 0.717) is 26.5 Å². The Morgan fingerprint density at radius 1 is 0.926 bits per heavy atom. The molecule has 0 aromatic heterocycles. The van der Waals surface area contributed by atoms with Crippen molar-refractivity contribution in [2.45, 2.75) is 11.3 Å². The van der Waals surface area contributed by atoms with Crippen LogP contribution in [0.4, 0.5) is 5.69 Å². The average Bonchev–Trinajstić information content (AvgIpc) is 2.62. The van der Waals surface area contributed by atoms with Crippen LogP contribution >= 0.6 is 23.2 Å². The summed E-state index contributed by atoms with van der Waals surface area (Å²) in [5, 5.41) is 2.42. The topological polar surface area (TPSA) is 49.4 Å². The molecule has 0 atom stereocenters. The number of benzene rings is 3. The number of sulfonamides is 1. The molecule has 0 aliphatic rings. The van der Waals surface area contributed by atoms with Crippen molar-refractivity contribution in [3.8, 4) is 0 Å². The van der Waals surface area contributed by atoms with Gasteiger partial charge in [-0.15, -0.1) is 0 Å². The first-order chi connectivity index (χ1) is 12.8. The molecule has 0 spiro atoms. The minimum Gasteiger partial charge on any atom is -0.309 e. The van der Waals surface area contributed by atoms with Crippen LogP contribution in [0.5, 0.6) is 0 Å². The van der Waals surface area contributed by atoms with Gasteiger partial charge in [0.05, 0.1) is 4.90 Å². The molecule has 4 nitrogen and oxygen atoms in total. The van der Waals surface area contributed by atoms with Crippen LogP contribution in [-0.4, -0.2) is 34.0 Å². The Kier molecular flexibility index (Phi) is 5.96. The van der Waals surface area contributed by atoms with Crippen molar-refractivity contribution < 1.29 is 8.42 Å². The Bertz CT molecular complexity index is 1080. The molecule has 1 N–H and O–H groups in total. The maximum Gasteiger partial charge on any atom is 0.262 e. The number of nitrogens with zero attached hydrogens (tertiary/aromatic N) is 1. The Hall–Kier alpha value is -1.79. The Morgan fingerprint density at radius 3 is 2.37 bits per heavy atom. The lowest BCUT2D eigenvalue weighted by Gasteiger charge is -2.14. The molecule has 0 saturated heterocycles. The van der Waals surface area contributed by atoms with Crippen molar-refractivity contribution in [3.63, 3.8) is 0 Å². The zero-order valence-electron chi connectivity index (χ0n) is 15.0. The number of likely N-dealkylation sites (N-methyl/N-ethyl adjacent to an activating group) is 1. The lowest BCUT2D eigenvalue weighted by molar-refractivity contribution is 0.414. The van der Waals surface area contributed by atoms with E-state index in [-0.39, 0.29) is 4.90 Å². The van der Waals surface area contributed by atoms with Gasteiger partial charge in [0.15, 0.2) is 0 Å². The van der Waals surface area contributed by atoms with E-state index in [2.05, 4.69) is 4.72 Å². The maximum absolute atomic E-state index is 13.0. The van der Waals surface area contributed by atoms with Crippen molar-refractivity contribution in [2.75, 3.05) is 25.4 Å². The fourth-order valence-corrected chi connectivity index (χ4v) is 4.58. The lowest BCUT2D eigenvalue weighted by atomic mass is 10.1. The number of anilines is 1. The Morgan fingerprint density at radius 2 is 1.63 bits per heavy atom. The number of hydrogen-bond donors (Lipinski definition) is 1. The van der Waals surface area contributed by atoms with Gasteiger partial charge >= 0.3 is 0 Å². The summed E-state index contributed by atoms with van der Waals surface area (Å²) in [6, 6.07) is 15.5. The average molecular weight is 423 g/mol. The second-order valence-electron chi connectivity index (χ2n) is 6.56. The molecule has 0 heterocycles. The van der Waals surface area contributed by atoms with Gasteiger partial charge in [0, 0.05) is 33.0 Å². The molecule has 0 saturated carbocycles. The molecule has 0 aliphatic carbocycles. The maximum atomic E-state index is 13.0. The predicted octanol–water partition coefficient (Wildman–Crippen LogP) is 5.05. The molecule has 0 bridgehead atoms. The molecule has 3 rings (SSSR count). The summed E-state index contributed by atoms with van der Waals surface area (Å²) in [6.45, 7) is 0.817. The van der Waals surface area contributed by atoms with Crippen LogP contribution in [0.1, 0.15) is 5.56 Å². The van der Waals surface area contributed by atoms with Gasteiger partial charge in [0.25, 0.3) is 10.0 Å². The zero-order chi connectivity index (χ0) is 19.6. The van der Waals surface area contributed by atoms with E-state index < -0.39 is 10.0 Å². The van der Waals surface area contributed by atoms with Gasteiger partial charge in [-0.25, -0.2) is 8.42 Å². The highest BCUT2D eigenvalue weighted by atomic mass is 35.5. The minimum absolute atomic E-state index is 0.187. The molecule has 0 fully saturated rings. The highest BCUT2D eigenvalue weighted by Crippen LogP contribution is 2.30. The zero-order valence-corrected chi connectivity index (χ0v) is 17.4. The van der Waals surface area contributed by atoms with E-state index in [0.717, 1.165) is 18.5 Å². The first-order valence-electron chi connectivity index (χ1n) is 8.41. The molecular formula is C20H20Cl2N2O2S. The van der Waals surface area contributed by atoms with Crippen LogP contribution in [0.2, 0.25) is 10.0 Å². The molecular weight excluding hydrogens is 403 g/mol. The summed E-state index contributed by atoms with van der Waals surface area (Å²) in [5.41, 5.74) is 1.37. The number of fused-ring (bicyclic) bond motifs is 1. The summed E-state index contributed by atoms with van der Waals surface area (Å²) in [7, 11) is 0.177. The quantitative estimate of drug-likeness (QED) is 0.604. The van der Waals surface area contributed by atoms with Crippen LogP contribution in [0.15, 0.2) is 59.5 Å². The lowest BCUT2D eigenvalue weighted by Crippen LogP contribution is -2.16. The largest absolute Gasteiger partial charge is 0.309 e. The van der Waals surface area contributed by atoms with Gasteiger partial charge in [-0.05, 0) is 56.4 Å². The van der Waals surface area contributed by atoms with Gasteiger partial charge in [-0.3, -0.25) is 4.72 Å². The number of rotatable bonds is 6. The highest BCUT2D eigenvalue weighted by Gasteiger charge is 2.18. The second-order valence-corrected chi connectivity index (χ2v) is 9.02. The van der Waals surface area contributed by atoms with Gasteiger partial charge in [0.1, 0.15) is 0 Å². The molecule has 142 valence electrons. The van der Waals surface area contributed by atoms with Crippen molar-refractivity contribution in [2.24, 2.45) is 0 Å². The Balaban J connectivity index is 1.96. The van der Waals surface area contributed by atoms with Crippen LogP contribution in [0, 0.1) is 0 Å². The molecule has 0 unspecified atom stereocenters. The van der Waals surface area contributed by atoms with Gasteiger partial charge in [0.2, 0.25) is 0 Å². The first-order valence-corrected chi connectivity index (χ1v) is 10.6. The van der Waals surface area contributed by atoms with Gasteiger partial charge in [-0.1, -0.05) is 47.5 Å². The van der Waals surface area contributed by atoms with E-state index in [1.54, 1.807) is 54.6 Å². The van der Waals surface area contributed by atoms with Crippen molar-refractivity contribution in [1.29, 1.82) is 0 Å². The standard InChI is InChI=1S/C20H20Cl2N2O2S/c1-24(2)12-11-14-13-15(9-10-18(14)21)23-27(25,26)20-8-4-5-16-17(20)6-3-7-19(16)22/h3-10,13,23H,11-12H2,1-2H3. The second kappa shape index (κ2) is 8.07. The summed E-state index contributed by atoms with van der Waals surface area (Å²) in [5.74, 6) is 0. The number of nitrogens with one attached hydrogen (secondary N) is 1. The third kappa shape index (κ3) is 4.55. The fourth-order valence-electron chi connectivity index (χ4n) is 2.86. The molecule has 3 aromatic carbocycles. The van der Waals surface area contributed by atoms with Crippen molar-refractivity contribution in [3.05, 3.63) is 70.2 Å². The highest BCUT2D eigenvalue weighted by molar-refractivity contribution is 7.93. The van der Waals surface area contributed by atoms with Crippen molar-refractivity contribution in [1.82, 2.24) is 4.90 Å². The first kappa shape index (κ1) is 20.0. The summed E-state index contributed by atoms with van der Waals surface area (Å²) < 4.78 is 28.6. The summed E-state index contributed by atoms with van der Waals surface area (Å²) in [6.07, 6.45) is 0.727. The molecule has 0 aliphatic heterocycles. The van der Waals surface area contributed by atoms with E-state index in [1.165, 1.54) is 0 Å². The predicted molar refractivity (Wildman–Crippen MR) is 113 cm³/mol. The third-order valence-corrected chi connectivity index (χ3v) is 6.38. The van der Waals surface area contributed by atoms with E-state index in [9.17, 15) is 8.42 Å². The van der Waals surface area contributed by atoms with Crippen LogP contribution in [0.25, 0.3) is 10.8 Å².